The monoisotopic (exact) mass is 238 g/mol. The average molecular weight is 238 g/mol. The van der Waals surface area contributed by atoms with E-state index in [1.165, 1.54) is 0 Å². The maximum absolute atomic E-state index is 5.90. The van der Waals surface area contributed by atoms with Crippen molar-refractivity contribution in [2.75, 3.05) is 11.1 Å². The van der Waals surface area contributed by atoms with Gasteiger partial charge >= 0.3 is 0 Å². The Hall–Kier alpha value is -2.49. The first-order valence-electron chi connectivity index (χ1n) is 5.76. The van der Waals surface area contributed by atoms with Crippen molar-refractivity contribution in [3.63, 3.8) is 0 Å². The molecule has 90 valence electrons. The van der Waals surface area contributed by atoms with E-state index < -0.39 is 0 Å². The lowest BCUT2D eigenvalue weighted by Gasteiger charge is -2.08. The molecular weight excluding hydrogens is 224 g/mol. The highest BCUT2D eigenvalue weighted by Gasteiger charge is 2.02. The topological polar surface area (TPSA) is 55.9 Å². The summed E-state index contributed by atoms with van der Waals surface area (Å²) in [5, 5.41) is 3.30. The van der Waals surface area contributed by atoms with Gasteiger partial charge in [-0.05, 0) is 30.3 Å². The number of benzene rings is 2. The lowest BCUT2D eigenvalue weighted by molar-refractivity contribution is 0.948. The molecule has 2 aromatic carbocycles. The summed E-state index contributed by atoms with van der Waals surface area (Å²) in [6.07, 6.45) is 1.81. The van der Waals surface area contributed by atoms with Crippen LogP contribution in [-0.4, -0.2) is 9.55 Å². The lowest BCUT2D eigenvalue weighted by atomic mass is 10.2. The van der Waals surface area contributed by atoms with E-state index in [9.17, 15) is 0 Å². The number of nitrogens with one attached hydrogen (secondary N) is 1. The summed E-state index contributed by atoms with van der Waals surface area (Å²) in [4.78, 5) is 4.33. The lowest BCUT2D eigenvalue weighted by Crippen LogP contribution is -1.95. The molecule has 18 heavy (non-hydrogen) atoms. The number of imidazole rings is 1. The number of fused-ring (bicyclic) bond motifs is 1. The number of anilines is 3. The number of rotatable bonds is 2. The minimum absolute atomic E-state index is 0.735. The average Bonchev–Trinajstić information content (AvgIpc) is 2.74. The van der Waals surface area contributed by atoms with E-state index in [1.807, 2.05) is 60.4 Å². The van der Waals surface area contributed by atoms with E-state index in [1.54, 1.807) is 0 Å². The van der Waals surface area contributed by atoms with Crippen LogP contribution in [0.15, 0.2) is 48.8 Å². The van der Waals surface area contributed by atoms with Crippen LogP contribution in [0.1, 0.15) is 0 Å². The van der Waals surface area contributed by atoms with Gasteiger partial charge in [-0.3, -0.25) is 0 Å². The molecule has 3 rings (SSSR count). The van der Waals surface area contributed by atoms with Crippen LogP contribution in [0, 0.1) is 0 Å². The van der Waals surface area contributed by atoms with Crippen molar-refractivity contribution in [1.82, 2.24) is 9.55 Å². The molecule has 0 aliphatic heterocycles. The summed E-state index contributed by atoms with van der Waals surface area (Å²) in [5.74, 6) is 0. The predicted octanol–water partition coefficient (Wildman–Crippen LogP) is 2.90. The predicted molar refractivity (Wildman–Crippen MR) is 74.9 cm³/mol. The van der Waals surface area contributed by atoms with Crippen molar-refractivity contribution in [2.45, 2.75) is 0 Å². The number of hydrogen-bond acceptors (Lipinski definition) is 3. The number of aromatic nitrogens is 2. The molecule has 0 aliphatic carbocycles. The Morgan fingerprint density at radius 1 is 1.17 bits per heavy atom. The van der Waals surface area contributed by atoms with Gasteiger partial charge in [0, 0.05) is 12.7 Å². The smallest absolute Gasteiger partial charge is 0.0955 e. The first-order valence-corrected chi connectivity index (χ1v) is 5.76. The van der Waals surface area contributed by atoms with Crippen molar-refractivity contribution in [2.24, 2.45) is 7.05 Å². The number of nitrogens with two attached hydrogens (primary N) is 1. The molecule has 0 fully saturated rings. The maximum Gasteiger partial charge on any atom is 0.0955 e. The standard InChI is InChI=1S/C14H14N4/c1-18-9-16-13-8-10(6-7-14(13)18)17-12-5-3-2-4-11(12)15/h2-9,17H,15H2,1H3. The van der Waals surface area contributed by atoms with Crippen LogP contribution in [0.3, 0.4) is 0 Å². The third kappa shape index (κ3) is 1.78. The second kappa shape index (κ2) is 4.07. The molecule has 3 aromatic rings. The van der Waals surface area contributed by atoms with Crippen molar-refractivity contribution < 1.29 is 0 Å². The van der Waals surface area contributed by atoms with Gasteiger partial charge in [-0.2, -0.15) is 0 Å². The SMILES string of the molecule is Cn1cnc2cc(Nc3ccccc3N)ccc21. The molecule has 1 heterocycles. The fraction of sp³-hybridized carbons (Fsp3) is 0.0714. The molecule has 0 aliphatic rings. The van der Waals surface area contributed by atoms with Crippen LogP contribution in [0.5, 0.6) is 0 Å². The van der Waals surface area contributed by atoms with Gasteiger partial charge < -0.3 is 15.6 Å². The van der Waals surface area contributed by atoms with Crippen molar-refractivity contribution >= 4 is 28.1 Å². The highest BCUT2D eigenvalue weighted by molar-refractivity contribution is 5.82. The summed E-state index contributed by atoms with van der Waals surface area (Å²) in [6, 6.07) is 13.8. The Balaban J connectivity index is 1.98. The van der Waals surface area contributed by atoms with E-state index in [0.717, 1.165) is 28.1 Å². The Bertz CT molecular complexity index is 700. The highest BCUT2D eigenvalue weighted by Crippen LogP contribution is 2.24. The third-order valence-corrected chi connectivity index (χ3v) is 2.97. The van der Waals surface area contributed by atoms with E-state index in [4.69, 9.17) is 5.73 Å². The molecule has 4 nitrogen and oxygen atoms in total. The fourth-order valence-electron chi connectivity index (χ4n) is 1.98. The van der Waals surface area contributed by atoms with Crippen molar-refractivity contribution in [3.05, 3.63) is 48.8 Å². The van der Waals surface area contributed by atoms with Crippen LogP contribution in [0.25, 0.3) is 11.0 Å². The Morgan fingerprint density at radius 3 is 2.83 bits per heavy atom. The van der Waals surface area contributed by atoms with E-state index in [2.05, 4.69) is 10.3 Å². The van der Waals surface area contributed by atoms with Crippen LogP contribution >= 0.6 is 0 Å². The highest BCUT2D eigenvalue weighted by atomic mass is 15.0. The Kier molecular flexibility index (Phi) is 2.41. The molecule has 3 N–H and O–H groups in total. The van der Waals surface area contributed by atoms with Gasteiger partial charge in [-0.15, -0.1) is 0 Å². The number of nitrogens with zero attached hydrogens (tertiary/aromatic N) is 2. The van der Waals surface area contributed by atoms with E-state index in [-0.39, 0.29) is 0 Å². The largest absolute Gasteiger partial charge is 0.397 e. The Labute approximate surface area is 105 Å². The summed E-state index contributed by atoms with van der Waals surface area (Å²) in [6.45, 7) is 0. The fourth-order valence-corrected chi connectivity index (χ4v) is 1.98. The molecular formula is C14H14N4. The van der Waals surface area contributed by atoms with Crippen molar-refractivity contribution in [1.29, 1.82) is 0 Å². The molecule has 0 saturated carbocycles. The van der Waals surface area contributed by atoms with E-state index >= 15 is 0 Å². The molecule has 0 amide bonds. The molecule has 0 bridgehead atoms. The van der Waals surface area contributed by atoms with Gasteiger partial charge in [0.25, 0.3) is 0 Å². The zero-order valence-electron chi connectivity index (χ0n) is 10.1. The van der Waals surface area contributed by atoms with Gasteiger partial charge in [0.15, 0.2) is 0 Å². The zero-order chi connectivity index (χ0) is 12.5. The van der Waals surface area contributed by atoms with Crippen molar-refractivity contribution in [3.8, 4) is 0 Å². The molecule has 1 aromatic heterocycles. The minimum atomic E-state index is 0.735. The van der Waals surface area contributed by atoms with Gasteiger partial charge in [0.05, 0.1) is 28.7 Å². The summed E-state index contributed by atoms with van der Waals surface area (Å²) < 4.78 is 2.00. The summed E-state index contributed by atoms with van der Waals surface area (Å²) in [5.41, 5.74) is 10.6. The summed E-state index contributed by atoms with van der Waals surface area (Å²) >= 11 is 0. The first-order chi connectivity index (χ1) is 8.74. The van der Waals surface area contributed by atoms with Crippen LogP contribution in [0.2, 0.25) is 0 Å². The number of aryl methyl sites for hydroxylation is 1. The van der Waals surface area contributed by atoms with Crippen LogP contribution < -0.4 is 11.1 Å². The van der Waals surface area contributed by atoms with Gasteiger partial charge in [-0.25, -0.2) is 4.98 Å². The van der Waals surface area contributed by atoms with Crippen LogP contribution in [0.4, 0.5) is 17.1 Å². The van der Waals surface area contributed by atoms with Crippen LogP contribution in [-0.2, 0) is 7.05 Å². The molecule has 0 unspecified atom stereocenters. The number of para-hydroxylation sites is 2. The quantitative estimate of drug-likeness (QED) is 0.675. The number of hydrogen-bond donors (Lipinski definition) is 2. The normalized spacial score (nSPS) is 10.7. The van der Waals surface area contributed by atoms with Gasteiger partial charge in [0.1, 0.15) is 0 Å². The minimum Gasteiger partial charge on any atom is -0.397 e. The van der Waals surface area contributed by atoms with Gasteiger partial charge in [0.2, 0.25) is 0 Å². The number of nitrogen functional groups attached to an aromatic ring is 1. The zero-order valence-corrected chi connectivity index (χ0v) is 10.1. The second-order valence-corrected chi connectivity index (χ2v) is 4.27. The second-order valence-electron chi connectivity index (χ2n) is 4.27. The molecule has 0 radical (unpaired) electrons. The Morgan fingerprint density at radius 2 is 2.00 bits per heavy atom. The molecule has 0 spiro atoms. The van der Waals surface area contributed by atoms with Gasteiger partial charge in [-0.1, -0.05) is 12.1 Å². The van der Waals surface area contributed by atoms with E-state index in [0.29, 0.717) is 0 Å². The summed E-state index contributed by atoms with van der Waals surface area (Å²) in [7, 11) is 1.98. The molecule has 4 heteroatoms. The first kappa shape index (κ1) is 10.7. The molecule has 0 atom stereocenters. The maximum atomic E-state index is 5.90. The third-order valence-electron chi connectivity index (χ3n) is 2.97. The molecule has 0 saturated heterocycles.